The number of H-pyrrole nitrogens is 2. The van der Waals surface area contributed by atoms with Crippen LogP contribution in [-0.4, -0.2) is 20.2 Å². The fraction of sp³-hybridized carbons (Fsp3) is 0.353. The zero-order valence-electron chi connectivity index (χ0n) is 12.8. The van der Waals surface area contributed by atoms with Gasteiger partial charge in [-0.15, -0.1) is 0 Å². The van der Waals surface area contributed by atoms with Crippen molar-refractivity contribution < 1.29 is 0 Å². The van der Waals surface area contributed by atoms with E-state index in [9.17, 15) is 0 Å². The average Bonchev–Trinajstić information content (AvgIpc) is 2.91. The number of aromatic nitrogens is 4. The van der Waals surface area contributed by atoms with Crippen LogP contribution in [0.2, 0.25) is 0 Å². The molecule has 1 aliphatic carbocycles. The summed E-state index contributed by atoms with van der Waals surface area (Å²) in [5.41, 5.74) is 7.30. The molecule has 112 valence electrons. The maximum absolute atomic E-state index is 5.15. The highest BCUT2D eigenvalue weighted by atomic mass is 32.1. The molecule has 0 atom stereocenters. The van der Waals surface area contributed by atoms with Gasteiger partial charge in [0.25, 0.3) is 0 Å². The fourth-order valence-electron chi connectivity index (χ4n) is 3.54. The molecule has 1 aromatic carbocycles. The van der Waals surface area contributed by atoms with Crippen LogP contribution in [0, 0.1) is 18.6 Å². The Bertz CT molecular complexity index is 936. The van der Waals surface area contributed by atoms with Crippen LogP contribution in [0.1, 0.15) is 35.2 Å². The topological polar surface area (TPSA) is 57.4 Å². The summed E-state index contributed by atoms with van der Waals surface area (Å²) in [6.45, 7) is 4.26. The van der Waals surface area contributed by atoms with E-state index in [1.54, 1.807) is 0 Å². The Morgan fingerprint density at radius 3 is 2.64 bits per heavy atom. The molecule has 0 unspecified atom stereocenters. The normalized spacial score (nSPS) is 14.3. The van der Waals surface area contributed by atoms with Gasteiger partial charge in [0.2, 0.25) is 4.77 Å². The van der Waals surface area contributed by atoms with E-state index in [-0.39, 0.29) is 0 Å². The van der Waals surface area contributed by atoms with Crippen LogP contribution in [-0.2, 0) is 12.8 Å². The number of rotatable bonds is 1. The van der Waals surface area contributed by atoms with Crippen molar-refractivity contribution >= 4 is 23.1 Å². The maximum Gasteiger partial charge on any atom is 0.213 e. The van der Waals surface area contributed by atoms with E-state index in [1.807, 2.05) is 0 Å². The van der Waals surface area contributed by atoms with E-state index in [1.165, 1.54) is 46.2 Å². The average molecular weight is 310 g/mol. The first-order valence-corrected chi connectivity index (χ1v) is 8.12. The maximum atomic E-state index is 5.15. The number of fused-ring (bicyclic) bond motifs is 2. The molecular weight excluding hydrogens is 292 g/mol. The molecule has 0 aliphatic heterocycles. The predicted octanol–water partition coefficient (Wildman–Crippen LogP) is 4.18. The molecule has 2 heterocycles. The number of aryl methyl sites for hydroxylation is 3. The minimum Gasteiger partial charge on any atom is -0.282 e. The van der Waals surface area contributed by atoms with Crippen LogP contribution in [0.3, 0.4) is 0 Å². The zero-order valence-corrected chi connectivity index (χ0v) is 13.6. The van der Waals surface area contributed by atoms with Gasteiger partial charge in [-0.3, -0.25) is 15.2 Å². The summed E-state index contributed by atoms with van der Waals surface area (Å²) in [4.78, 5) is 9.45. The summed E-state index contributed by atoms with van der Waals surface area (Å²) in [6.07, 6.45) is 4.54. The number of hydrogen-bond donors (Lipinski definition) is 2. The third kappa shape index (κ3) is 2.08. The van der Waals surface area contributed by atoms with Crippen molar-refractivity contribution in [2.45, 2.75) is 39.5 Å². The Hall–Kier alpha value is -2.01. The number of aromatic amines is 2. The summed E-state index contributed by atoms with van der Waals surface area (Å²) < 4.78 is 0.494. The van der Waals surface area contributed by atoms with Crippen LogP contribution < -0.4 is 0 Å². The van der Waals surface area contributed by atoms with Crippen molar-refractivity contribution in [1.29, 1.82) is 0 Å². The third-order valence-electron chi connectivity index (χ3n) is 4.44. The fourth-order valence-corrected chi connectivity index (χ4v) is 3.68. The lowest BCUT2D eigenvalue weighted by molar-refractivity contribution is 0.672. The van der Waals surface area contributed by atoms with Crippen molar-refractivity contribution in [2.24, 2.45) is 0 Å². The molecule has 0 bridgehead atoms. The molecule has 0 saturated heterocycles. The Balaban J connectivity index is 2.16. The monoisotopic (exact) mass is 310 g/mol. The number of nitrogens with zero attached hydrogens (tertiary/aromatic N) is 2. The lowest BCUT2D eigenvalue weighted by atomic mass is 9.88. The quantitative estimate of drug-likeness (QED) is 0.663. The first-order chi connectivity index (χ1) is 10.6. The van der Waals surface area contributed by atoms with Crippen LogP contribution in [0.25, 0.3) is 22.3 Å². The van der Waals surface area contributed by atoms with Gasteiger partial charge in [-0.25, -0.2) is 0 Å². The van der Waals surface area contributed by atoms with Crippen molar-refractivity contribution in [1.82, 2.24) is 20.2 Å². The van der Waals surface area contributed by atoms with Crippen molar-refractivity contribution in [3.63, 3.8) is 0 Å². The molecule has 3 aromatic rings. The SMILES string of the molecule is Cc1cc(C)c2nc3c(c(-c4nc(=S)[nH][nH]4)c2c1)CCCC3. The minimum atomic E-state index is 0.494. The molecule has 0 radical (unpaired) electrons. The van der Waals surface area contributed by atoms with Gasteiger partial charge in [-0.2, -0.15) is 4.98 Å². The van der Waals surface area contributed by atoms with Gasteiger partial charge in [-0.1, -0.05) is 11.6 Å². The largest absolute Gasteiger partial charge is 0.282 e. The Morgan fingerprint density at radius 2 is 1.86 bits per heavy atom. The molecule has 5 heteroatoms. The Morgan fingerprint density at radius 1 is 1.05 bits per heavy atom. The van der Waals surface area contributed by atoms with Gasteiger partial charge in [0.1, 0.15) is 0 Å². The molecule has 2 N–H and O–H groups in total. The second-order valence-electron chi connectivity index (χ2n) is 6.11. The Labute approximate surface area is 134 Å². The van der Waals surface area contributed by atoms with Crippen LogP contribution in [0.4, 0.5) is 0 Å². The van der Waals surface area contributed by atoms with E-state index in [0.717, 1.165) is 24.2 Å². The number of benzene rings is 1. The first kappa shape index (κ1) is 13.6. The summed E-state index contributed by atoms with van der Waals surface area (Å²) >= 11 is 5.15. The highest BCUT2D eigenvalue weighted by molar-refractivity contribution is 7.71. The smallest absolute Gasteiger partial charge is 0.213 e. The number of nitrogens with one attached hydrogen (secondary N) is 2. The molecule has 4 nitrogen and oxygen atoms in total. The van der Waals surface area contributed by atoms with Crippen molar-refractivity contribution in [2.75, 3.05) is 0 Å². The molecule has 2 aromatic heterocycles. The van der Waals surface area contributed by atoms with E-state index in [2.05, 4.69) is 41.2 Å². The first-order valence-electron chi connectivity index (χ1n) is 7.71. The lowest BCUT2D eigenvalue weighted by Crippen LogP contribution is -2.09. The summed E-state index contributed by atoms with van der Waals surface area (Å²) in [5.74, 6) is 0.834. The second-order valence-corrected chi connectivity index (χ2v) is 6.50. The standard InChI is InChI=1S/C17H18N4S/c1-9-7-10(2)15-12(8-9)14(16-19-17(22)21-20-16)11-5-3-4-6-13(11)18-15/h7-8H,3-6H2,1-2H3,(H2,19,20,21,22). The van der Waals surface area contributed by atoms with Crippen LogP contribution in [0.15, 0.2) is 12.1 Å². The molecule has 1 aliphatic rings. The van der Waals surface area contributed by atoms with Crippen molar-refractivity contribution in [3.05, 3.63) is 39.3 Å². The predicted molar refractivity (Wildman–Crippen MR) is 90.6 cm³/mol. The van der Waals surface area contributed by atoms with E-state index in [4.69, 9.17) is 17.2 Å². The van der Waals surface area contributed by atoms with Gasteiger partial charge in [-0.05, 0) is 68.9 Å². The summed E-state index contributed by atoms with van der Waals surface area (Å²) in [6, 6.07) is 4.41. The van der Waals surface area contributed by atoms with Gasteiger partial charge in [0.05, 0.1) is 5.52 Å². The zero-order chi connectivity index (χ0) is 15.3. The third-order valence-corrected chi connectivity index (χ3v) is 4.63. The molecule has 0 fully saturated rings. The van der Waals surface area contributed by atoms with E-state index >= 15 is 0 Å². The van der Waals surface area contributed by atoms with Crippen molar-refractivity contribution in [3.8, 4) is 11.4 Å². The summed E-state index contributed by atoms with van der Waals surface area (Å²) in [5, 5.41) is 7.24. The van der Waals surface area contributed by atoms with Gasteiger partial charge >= 0.3 is 0 Å². The Kier molecular flexibility index (Phi) is 3.11. The molecule has 0 amide bonds. The van der Waals surface area contributed by atoms with Crippen LogP contribution in [0.5, 0.6) is 0 Å². The van der Waals surface area contributed by atoms with E-state index < -0.39 is 0 Å². The molecule has 4 rings (SSSR count). The van der Waals surface area contributed by atoms with Crippen LogP contribution >= 0.6 is 12.2 Å². The number of pyridine rings is 1. The van der Waals surface area contributed by atoms with E-state index in [0.29, 0.717) is 4.77 Å². The molecule has 22 heavy (non-hydrogen) atoms. The molecular formula is C17H18N4S. The molecule has 0 saturated carbocycles. The highest BCUT2D eigenvalue weighted by Gasteiger charge is 2.21. The van der Waals surface area contributed by atoms with Gasteiger partial charge < -0.3 is 0 Å². The highest BCUT2D eigenvalue weighted by Crippen LogP contribution is 2.36. The van der Waals surface area contributed by atoms with Gasteiger partial charge in [0.15, 0.2) is 5.82 Å². The minimum absolute atomic E-state index is 0.494. The lowest BCUT2D eigenvalue weighted by Gasteiger charge is -2.20. The second kappa shape index (κ2) is 5.02. The van der Waals surface area contributed by atoms with Gasteiger partial charge in [0, 0.05) is 16.6 Å². The summed E-state index contributed by atoms with van der Waals surface area (Å²) in [7, 11) is 0. The number of hydrogen-bond acceptors (Lipinski definition) is 3. The molecule has 0 spiro atoms.